The zero-order valence-corrected chi connectivity index (χ0v) is 14.5. The second-order valence-electron chi connectivity index (χ2n) is 5.81. The number of sulfonamides is 1. The second kappa shape index (κ2) is 7.13. The topological polar surface area (TPSA) is 58.2 Å². The van der Waals surface area contributed by atoms with Crippen LogP contribution >= 0.6 is 11.8 Å². The van der Waals surface area contributed by atoms with E-state index in [1.807, 2.05) is 13.0 Å². The monoisotopic (exact) mass is 328 g/mol. The van der Waals surface area contributed by atoms with Gasteiger partial charge in [-0.1, -0.05) is 19.9 Å². The molecule has 1 unspecified atom stereocenters. The first-order chi connectivity index (χ1) is 9.88. The maximum atomic E-state index is 12.4. The van der Waals surface area contributed by atoms with Crippen LogP contribution < -0.4 is 10.0 Å². The Labute approximate surface area is 132 Å². The zero-order chi connectivity index (χ0) is 15.5. The summed E-state index contributed by atoms with van der Waals surface area (Å²) in [5, 5.41) is 3.34. The summed E-state index contributed by atoms with van der Waals surface area (Å²) in [7, 11) is -3.41. The van der Waals surface area contributed by atoms with Crippen LogP contribution in [-0.2, 0) is 16.6 Å². The van der Waals surface area contributed by atoms with E-state index in [9.17, 15) is 8.42 Å². The fourth-order valence-corrected chi connectivity index (χ4v) is 4.81. The molecule has 1 aromatic rings. The first kappa shape index (κ1) is 16.8. The summed E-state index contributed by atoms with van der Waals surface area (Å²) in [5.41, 5.74) is 2.14. The largest absolute Gasteiger partial charge is 0.310 e. The lowest BCUT2D eigenvalue weighted by Crippen LogP contribution is -2.34. The van der Waals surface area contributed by atoms with Crippen molar-refractivity contribution in [1.82, 2.24) is 10.0 Å². The fourth-order valence-electron chi connectivity index (χ4n) is 2.23. The third kappa shape index (κ3) is 4.71. The normalized spacial score (nSPS) is 19.3. The van der Waals surface area contributed by atoms with E-state index >= 15 is 0 Å². The summed E-state index contributed by atoms with van der Waals surface area (Å²) in [6, 6.07) is 5.81. The second-order valence-corrected chi connectivity index (χ2v) is 8.67. The van der Waals surface area contributed by atoms with Crippen LogP contribution in [0.1, 0.15) is 31.4 Å². The van der Waals surface area contributed by atoms with Crippen LogP contribution in [0.25, 0.3) is 0 Å². The predicted molar refractivity (Wildman–Crippen MR) is 89.2 cm³/mol. The number of thioether (sulfide) groups is 1. The van der Waals surface area contributed by atoms with E-state index in [2.05, 4.69) is 23.9 Å². The molecule has 21 heavy (non-hydrogen) atoms. The Hall–Kier alpha value is -0.560. The average Bonchev–Trinajstić information content (AvgIpc) is 2.89. The smallest absolute Gasteiger partial charge is 0.240 e. The average molecular weight is 329 g/mol. The lowest BCUT2D eigenvalue weighted by molar-refractivity contribution is 0.562. The summed E-state index contributed by atoms with van der Waals surface area (Å²) >= 11 is 1.80. The lowest BCUT2D eigenvalue weighted by Gasteiger charge is -2.15. The highest BCUT2D eigenvalue weighted by molar-refractivity contribution is 7.99. The maximum absolute atomic E-state index is 12.4. The molecular formula is C15H24N2O2S2. The van der Waals surface area contributed by atoms with Crippen molar-refractivity contribution in [1.29, 1.82) is 0 Å². The minimum Gasteiger partial charge on any atom is -0.310 e. The van der Waals surface area contributed by atoms with Gasteiger partial charge in [0.25, 0.3) is 0 Å². The highest BCUT2D eigenvalue weighted by Gasteiger charge is 2.23. The number of hydrogen-bond donors (Lipinski definition) is 2. The van der Waals surface area contributed by atoms with Crippen LogP contribution in [-0.4, -0.2) is 32.0 Å². The van der Waals surface area contributed by atoms with Gasteiger partial charge in [-0.2, -0.15) is 11.8 Å². The molecule has 0 saturated carbocycles. The minimum atomic E-state index is -3.41. The molecule has 1 saturated heterocycles. The molecule has 6 heteroatoms. The van der Waals surface area contributed by atoms with Crippen molar-refractivity contribution in [2.24, 2.45) is 0 Å². The van der Waals surface area contributed by atoms with E-state index < -0.39 is 10.0 Å². The maximum Gasteiger partial charge on any atom is 0.240 e. The summed E-state index contributed by atoms with van der Waals surface area (Å²) in [5.74, 6) is 1.90. The van der Waals surface area contributed by atoms with Gasteiger partial charge >= 0.3 is 0 Å². The predicted octanol–water partition coefficient (Wildman–Crippen LogP) is 2.28. The van der Waals surface area contributed by atoms with Gasteiger partial charge in [0.2, 0.25) is 10.0 Å². The van der Waals surface area contributed by atoms with Gasteiger partial charge < -0.3 is 5.32 Å². The molecule has 1 atom stereocenters. The molecule has 1 heterocycles. The quantitative estimate of drug-likeness (QED) is 0.841. The van der Waals surface area contributed by atoms with Crippen LogP contribution in [0.2, 0.25) is 0 Å². The summed E-state index contributed by atoms with van der Waals surface area (Å²) in [6.45, 7) is 6.85. The fraction of sp³-hybridized carbons (Fsp3) is 0.600. The molecule has 1 aliphatic rings. The Kier molecular flexibility index (Phi) is 5.71. The molecule has 0 amide bonds. The van der Waals surface area contributed by atoms with Crippen molar-refractivity contribution < 1.29 is 8.42 Å². The molecule has 1 aliphatic heterocycles. The van der Waals surface area contributed by atoms with E-state index in [1.54, 1.807) is 23.9 Å². The third-order valence-corrected chi connectivity index (χ3v) is 6.26. The van der Waals surface area contributed by atoms with Gasteiger partial charge in [0.1, 0.15) is 0 Å². The lowest BCUT2D eigenvalue weighted by atomic mass is 10.1. The Morgan fingerprint density at radius 1 is 1.38 bits per heavy atom. The SMILES string of the molecule is Cc1ccc(S(=O)(=O)NC2CCSC2)cc1CNC(C)C. The molecule has 0 spiro atoms. The van der Waals surface area contributed by atoms with E-state index in [1.165, 1.54) is 0 Å². The van der Waals surface area contributed by atoms with Crippen molar-refractivity contribution in [2.75, 3.05) is 11.5 Å². The van der Waals surface area contributed by atoms with Crippen molar-refractivity contribution in [3.05, 3.63) is 29.3 Å². The van der Waals surface area contributed by atoms with Crippen molar-refractivity contribution in [3.8, 4) is 0 Å². The number of aryl methyl sites for hydroxylation is 1. The molecule has 0 radical (unpaired) electrons. The molecule has 1 aromatic carbocycles. The number of benzene rings is 1. The minimum absolute atomic E-state index is 0.0681. The highest BCUT2D eigenvalue weighted by atomic mass is 32.2. The Bertz CT molecular complexity index is 579. The van der Waals surface area contributed by atoms with Crippen LogP contribution in [0, 0.1) is 6.92 Å². The zero-order valence-electron chi connectivity index (χ0n) is 12.8. The summed E-state index contributed by atoms with van der Waals surface area (Å²) in [4.78, 5) is 0.366. The highest BCUT2D eigenvalue weighted by Crippen LogP contribution is 2.21. The van der Waals surface area contributed by atoms with Gasteiger partial charge in [-0.3, -0.25) is 0 Å². The molecular weight excluding hydrogens is 304 g/mol. The van der Waals surface area contributed by atoms with Gasteiger partial charge in [0, 0.05) is 24.4 Å². The molecule has 4 nitrogen and oxygen atoms in total. The first-order valence-electron chi connectivity index (χ1n) is 7.31. The number of nitrogens with one attached hydrogen (secondary N) is 2. The molecule has 1 fully saturated rings. The van der Waals surface area contributed by atoms with E-state index in [-0.39, 0.29) is 6.04 Å². The van der Waals surface area contributed by atoms with Gasteiger partial charge in [0.15, 0.2) is 0 Å². The van der Waals surface area contributed by atoms with Crippen LogP contribution in [0.3, 0.4) is 0 Å². The molecule has 0 bridgehead atoms. The molecule has 118 valence electrons. The van der Waals surface area contributed by atoms with Gasteiger partial charge in [-0.15, -0.1) is 0 Å². The van der Waals surface area contributed by atoms with E-state index in [4.69, 9.17) is 0 Å². The molecule has 0 aromatic heterocycles. The standard InChI is InChI=1S/C15H24N2O2S2/c1-11(2)16-9-13-8-15(5-4-12(13)3)21(18,19)17-14-6-7-20-10-14/h4-5,8,11,14,16-17H,6-7,9-10H2,1-3H3. The summed E-state index contributed by atoms with van der Waals surface area (Å²) in [6.07, 6.45) is 0.914. The van der Waals surface area contributed by atoms with Crippen molar-refractivity contribution in [2.45, 2.75) is 50.7 Å². The van der Waals surface area contributed by atoms with Crippen molar-refractivity contribution >= 4 is 21.8 Å². The van der Waals surface area contributed by atoms with Crippen LogP contribution in [0.15, 0.2) is 23.1 Å². The Morgan fingerprint density at radius 2 is 2.14 bits per heavy atom. The third-order valence-electron chi connectivity index (χ3n) is 3.58. The van der Waals surface area contributed by atoms with Crippen LogP contribution in [0.5, 0.6) is 0 Å². The van der Waals surface area contributed by atoms with Gasteiger partial charge in [-0.25, -0.2) is 13.1 Å². The number of rotatable bonds is 6. The summed E-state index contributed by atoms with van der Waals surface area (Å²) < 4.78 is 27.7. The number of hydrogen-bond acceptors (Lipinski definition) is 4. The van der Waals surface area contributed by atoms with Crippen LogP contribution in [0.4, 0.5) is 0 Å². The van der Waals surface area contributed by atoms with E-state index in [0.29, 0.717) is 17.5 Å². The van der Waals surface area contributed by atoms with Crippen molar-refractivity contribution in [3.63, 3.8) is 0 Å². The van der Waals surface area contributed by atoms with Gasteiger partial charge in [-0.05, 0) is 42.4 Å². The van der Waals surface area contributed by atoms with E-state index in [0.717, 1.165) is 29.1 Å². The van der Waals surface area contributed by atoms with Gasteiger partial charge in [0.05, 0.1) is 4.90 Å². The Balaban J connectivity index is 2.16. The molecule has 2 N–H and O–H groups in total. The molecule has 0 aliphatic carbocycles. The molecule has 2 rings (SSSR count). The first-order valence-corrected chi connectivity index (χ1v) is 9.95. The Morgan fingerprint density at radius 3 is 2.76 bits per heavy atom.